The second kappa shape index (κ2) is 10.8. The molecule has 0 heterocycles. The molecular weight excluding hydrogens is 471 g/mol. The highest BCUT2D eigenvalue weighted by molar-refractivity contribution is 5.98. The molecule has 1 aromatic carbocycles. The first-order valence-electron chi connectivity index (χ1n) is 14.1. The zero-order valence-corrected chi connectivity index (χ0v) is 23.4. The fourth-order valence-corrected chi connectivity index (χ4v) is 6.49. The molecule has 2 N–H and O–H groups in total. The van der Waals surface area contributed by atoms with E-state index < -0.39 is 5.82 Å². The number of ether oxygens (including phenoxy) is 2. The summed E-state index contributed by atoms with van der Waals surface area (Å²) in [6, 6.07) is 2.46. The topological polar surface area (TPSA) is 76.7 Å². The molecule has 7 heteroatoms. The van der Waals surface area contributed by atoms with Crippen LogP contribution in [0.15, 0.2) is 12.1 Å². The summed E-state index contributed by atoms with van der Waals surface area (Å²) in [5.74, 6) is -0.307. The number of methoxy groups -OCH3 is 1. The van der Waals surface area contributed by atoms with Crippen LogP contribution >= 0.6 is 0 Å². The molecular formula is C30H45FN2O4. The first kappa shape index (κ1) is 27.7. The highest BCUT2D eigenvalue weighted by Crippen LogP contribution is 2.49. The van der Waals surface area contributed by atoms with Crippen molar-refractivity contribution in [2.24, 2.45) is 28.6 Å². The SMILES string of the molecule is CCC1(C)CCC(Oc2cc(C(=O)N[C@@H]3[C@H]4CC[C@H](C4)[C@@H]3C(=O)NCC(C)(C)C)c(OC)cc2F)CC1. The molecule has 2 bridgehead atoms. The number of hydrogen-bond donors (Lipinski definition) is 2. The molecule has 0 aromatic heterocycles. The minimum Gasteiger partial charge on any atom is -0.496 e. The number of rotatable bonds is 8. The van der Waals surface area contributed by atoms with Crippen molar-refractivity contribution in [1.82, 2.24) is 10.6 Å². The standard InChI is InChI=1S/C30H45FN2O4/c1-7-30(5)12-10-20(11-13-30)37-24-15-21(23(36-6)16-22(24)31)27(34)33-26-19-9-8-18(14-19)25(26)28(35)32-17-29(2,3)4/h15-16,18-20,25-26H,7-14,17H2,1-6H3,(H,32,35)(H,33,34)/t18-,19+,20?,25+,26-,30?/m1/s1. The van der Waals surface area contributed by atoms with Crippen molar-refractivity contribution in [2.75, 3.05) is 13.7 Å². The summed E-state index contributed by atoms with van der Waals surface area (Å²) in [6.07, 6.45) is 7.85. The van der Waals surface area contributed by atoms with E-state index in [0.717, 1.165) is 51.4 Å². The maximum Gasteiger partial charge on any atom is 0.255 e. The van der Waals surface area contributed by atoms with Gasteiger partial charge in [-0.25, -0.2) is 4.39 Å². The third-order valence-corrected chi connectivity index (χ3v) is 9.10. The van der Waals surface area contributed by atoms with E-state index >= 15 is 0 Å². The Balaban J connectivity index is 1.49. The Morgan fingerprint density at radius 3 is 2.38 bits per heavy atom. The van der Waals surface area contributed by atoms with Crippen LogP contribution in [-0.2, 0) is 4.79 Å². The summed E-state index contributed by atoms with van der Waals surface area (Å²) in [6.45, 7) is 11.4. The van der Waals surface area contributed by atoms with Gasteiger partial charge in [0.05, 0.1) is 24.7 Å². The van der Waals surface area contributed by atoms with Crippen molar-refractivity contribution in [3.05, 3.63) is 23.5 Å². The van der Waals surface area contributed by atoms with E-state index in [4.69, 9.17) is 9.47 Å². The van der Waals surface area contributed by atoms with Crippen LogP contribution < -0.4 is 20.1 Å². The van der Waals surface area contributed by atoms with Gasteiger partial charge in [0.15, 0.2) is 11.6 Å². The molecule has 6 nitrogen and oxygen atoms in total. The zero-order valence-electron chi connectivity index (χ0n) is 23.4. The summed E-state index contributed by atoms with van der Waals surface area (Å²) in [5, 5.41) is 6.24. The Morgan fingerprint density at radius 2 is 1.76 bits per heavy atom. The molecule has 0 unspecified atom stereocenters. The molecule has 4 atom stereocenters. The van der Waals surface area contributed by atoms with E-state index in [1.165, 1.54) is 19.2 Å². The Labute approximate surface area is 221 Å². The number of carbonyl (C=O) groups excluding carboxylic acids is 2. The Morgan fingerprint density at radius 1 is 1.08 bits per heavy atom. The van der Waals surface area contributed by atoms with E-state index in [0.29, 0.717) is 12.0 Å². The van der Waals surface area contributed by atoms with Crippen LogP contribution in [-0.4, -0.2) is 37.6 Å². The van der Waals surface area contributed by atoms with Crippen LogP contribution in [0.25, 0.3) is 0 Å². The third kappa shape index (κ3) is 6.23. The molecule has 0 spiro atoms. The van der Waals surface area contributed by atoms with E-state index in [1.54, 1.807) is 0 Å². The maximum atomic E-state index is 14.9. The molecule has 3 saturated carbocycles. The van der Waals surface area contributed by atoms with Gasteiger partial charge in [-0.15, -0.1) is 0 Å². The second-order valence-corrected chi connectivity index (χ2v) is 13.1. The van der Waals surface area contributed by atoms with Gasteiger partial charge in [0.1, 0.15) is 5.75 Å². The Bertz CT molecular complexity index is 996. The van der Waals surface area contributed by atoms with E-state index in [9.17, 15) is 14.0 Å². The van der Waals surface area contributed by atoms with Crippen LogP contribution in [0.5, 0.6) is 11.5 Å². The van der Waals surface area contributed by atoms with Crippen LogP contribution in [0.3, 0.4) is 0 Å². The zero-order chi connectivity index (χ0) is 27.0. The van der Waals surface area contributed by atoms with Crippen LogP contribution in [0.4, 0.5) is 4.39 Å². The first-order chi connectivity index (χ1) is 17.4. The predicted octanol–water partition coefficient (Wildman–Crippen LogP) is 5.88. The number of amides is 2. The summed E-state index contributed by atoms with van der Waals surface area (Å²) in [7, 11) is 1.43. The van der Waals surface area contributed by atoms with Crippen molar-refractivity contribution >= 4 is 11.8 Å². The average molecular weight is 517 g/mol. The molecule has 0 aliphatic heterocycles. The fourth-order valence-electron chi connectivity index (χ4n) is 6.49. The molecule has 2 amide bonds. The van der Waals surface area contributed by atoms with E-state index in [1.807, 2.05) is 0 Å². The number of benzene rings is 1. The van der Waals surface area contributed by atoms with Crippen molar-refractivity contribution in [3.63, 3.8) is 0 Å². The summed E-state index contributed by atoms with van der Waals surface area (Å²) in [4.78, 5) is 26.7. The van der Waals surface area contributed by atoms with Crippen molar-refractivity contribution < 1.29 is 23.5 Å². The highest BCUT2D eigenvalue weighted by Gasteiger charge is 2.51. The normalized spacial score (nSPS) is 31.2. The molecule has 1 aromatic rings. The molecule has 4 rings (SSSR count). The van der Waals surface area contributed by atoms with E-state index in [2.05, 4.69) is 45.3 Å². The van der Waals surface area contributed by atoms with Crippen LogP contribution in [0.2, 0.25) is 0 Å². The van der Waals surface area contributed by atoms with Gasteiger partial charge < -0.3 is 20.1 Å². The molecule has 0 saturated heterocycles. The van der Waals surface area contributed by atoms with Gasteiger partial charge in [0.25, 0.3) is 5.91 Å². The van der Waals surface area contributed by atoms with Crippen molar-refractivity contribution in [3.8, 4) is 11.5 Å². The van der Waals surface area contributed by atoms with Gasteiger partial charge in [-0.05, 0) is 73.7 Å². The lowest BCUT2D eigenvalue weighted by molar-refractivity contribution is -0.127. The van der Waals surface area contributed by atoms with Gasteiger partial charge >= 0.3 is 0 Å². The minimum absolute atomic E-state index is 0.0129. The molecule has 0 radical (unpaired) electrons. The average Bonchev–Trinajstić information content (AvgIpc) is 3.46. The van der Waals surface area contributed by atoms with Crippen LogP contribution in [0, 0.1) is 34.4 Å². The second-order valence-electron chi connectivity index (χ2n) is 13.1. The number of hydrogen-bond acceptors (Lipinski definition) is 4. The summed E-state index contributed by atoms with van der Waals surface area (Å²) >= 11 is 0. The molecule has 206 valence electrons. The first-order valence-corrected chi connectivity index (χ1v) is 14.1. The molecule has 37 heavy (non-hydrogen) atoms. The third-order valence-electron chi connectivity index (χ3n) is 9.10. The monoisotopic (exact) mass is 516 g/mol. The van der Waals surface area contributed by atoms with Gasteiger partial charge in [-0.2, -0.15) is 0 Å². The van der Waals surface area contributed by atoms with Gasteiger partial charge in [0.2, 0.25) is 5.91 Å². The lowest BCUT2D eigenvalue weighted by Gasteiger charge is -2.36. The van der Waals surface area contributed by atoms with Gasteiger partial charge in [0, 0.05) is 18.7 Å². The number of halogens is 1. The predicted molar refractivity (Wildman–Crippen MR) is 142 cm³/mol. The number of carbonyl (C=O) groups is 2. The quantitative estimate of drug-likeness (QED) is 0.452. The maximum absolute atomic E-state index is 14.9. The molecule has 3 aliphatic carbocycles. The van der Waals surface area contributed by atoms with Crippen LogP contribution in [0.1, 0.15) is 96.3 Å². The van der Waals surface area contributed by atoms with Crippen molar-refractivity contribution in [1.29, 1.82) is 0 Å². The largest absolute Gasteiger partial charge is 0.496 e. The van der Waals surface area contributed by atoms with E-state index in [-0.39, 0.29) is 64.2 Å². The molecule has 3 aliphatic rings. The fraction of sp³-hybridized carbons (Fsp3) is 0.733. The lowest BCUT2D eigenvalue weighted by Crippen LogP contribution is -2.50. The minimum atomic E-state index is -0.531. The van der Waals surface area contributed by atoms with Gasteiger partial charge in [-0.3, -0.25) is 9.59 Å². The highest BCUT2D eigenvalue weighted by atomic mass is 19.1. The molecule has 3 fully saturated rings. The number of fused-ring (bicyclic) bond motifs is 2. The van der Waals surface area contributed by atoms with Crippen molar-refractivity contribution in [2.45, 2.75) is 98.1 Å². The number of nitrogens with one attached hydrogen (secondary N) is 2. The van der Waals surface area contributed by atoms with Gasteiger partial charge in [-0.1, -0.05) is 41.0 Å². The lowest BCUT2D eigenvalue weighted by atomic mass is 9.73. The summed E-state index contributed by atoms with van der Waals surface area (Å²) < 4.78 is 26.4. The Kier molecular flexibility index (Phi) is 8.10. The Hall–Kier alpha value is -2.31. The smallest absolute Gasteiger partial charge is 0.255 e. The summed E-state index contributed by atoms with van der Waals surface area (Å²) in [5.41, 5.74) is 0.543.